The van der Waals surface area contributed by atoms with Crippen LogP contribution < -0.4 is 20.5 Å². The number of hydrogen-bond donors (Lipinski definition) is 2. The second-order valence-corrected chi connectivity index (χ2v) is 5.44. The van der Waals surface area contributed by atoms with E-state index in [4.69, 9.17) is 4.74 Å². The van der Waals surface area contributed by atoms with E-state index in [1.54, 1.807) is 0 Å². The standard InChI is InChI=1S/C13H12F3N5O5/c1-5-19(13(15)16)9(23)3-17-20(5)11-6(14)2-7-10(12(11)21(24)25)18-8(22)4-26-7/h2,5,13,17H,3-4H2,1H3,(H,18,22). The molecule has 26 heavy (non-hydrogen) atoms. The Bertz CT molecular complexity index is 805. The van der Waals surface area contributed by atoms with Gasteiger partial charge in [-0.3, -0.25) is 29.6 Å². The number of carbonyl (C=O) groups excluding carboxylic acids is 2. The average molecular weight is 375 g/mol. The van der Waals surface area contributed by atoms with Crippen LogP contribution in [0.5, 0.6) is 5.75 Å². The molecule has 2 aliphatic heterocycles. The number of hydrazine groups is 1. The lowest BCUT2D eigenvalue weighted by molar-refractivity contribution is -0.383. The zero-order valence-electron chi connectivity index (χ0n) is 13.2. The predicted molar refractivity (Wildman–Crippen MR) is 80.0 cm³/mol. The number of anilines is 2. The van der Waals surface area contributed by atoms with Gasteiger partial charge in [0.05, 0.1) is 11.5 Å². The summed E-state index contributed by atoms with van der Waals surface area (Å²) in [6.07, 6.45) is -1.44. The fourth-order valence-corrected chi connectivity index (χ4v) is 2.81. The summed E-state index contributed by atoms with van der Waals surface area (Å²) in [6, 6.07) is 0.800. The van der Waals surface area contributed by atoms with E-state index in [1.165, 1.54) is 0 Å². The summed E-state index contributed by atoms with van der Waals surface area (Å²) in [5.41, 5.74) is 0.411. The molecule has 0 aromatic heterocycles. The highest BCUT2D eigenvalue weighted by Crippen LogP contribution is 2.46. The smallest absolute Gasteiger partial charge is 0.324 e. The van der Waals surface area contributed by atoms with Crippen molar-refractivity contribution in [1.29, 1.82) is 0 Å². The molecule has 2 amide bonds. The summed E-state index contributed by atoms with van der Waals surface area (Å²) >= 11 is 0. The van der Waals surface area contributed by atoms with Gasteiger partial charge in [0.15, 0.2) is 29.5 Å². The molecule has 1 atom stereocenters. The molecule has 2 N–H and O–H groups in total. The summed E-state index contributed by atoms with van der Waals surface area (Å²) in [7, 11) is 0. The molecule has 3 rings (SSSR count). The Labute approximate surface area is 143 Å². The van der Waals surface area contributed by atoms with Gasteiger partial charge < -0.3 is 10.1 Å². The number of amides is 2. The Hall–Kier alpha value is -3.09. The van der Waals surface area contributed by atoms with Crippen LogP contribution in [0.15, 0.2) is 6.07 Å². The summed E-state index contributed by atoms with van der Waals surface area (Å²) < 4.78 is 45.9. The van der Waals surface area contributed by atoms with Gasteiger partial charge in [0, 0.05) is 6.07 Å². The maximum absolute atomic E-state index is 14.6. The SMILES string of the molecule is CC1N(c2c(F)cc3c(c2[N+](=O)[O-])NC(=O)CO3)NCC(=O)N1C(F)F. The third-order valence-electron chi connectivity index (χ3n) is 3.91. The normalized spacial score (nSPS) is 20.0. The van der Waals surface area contributed by atoms with Crippen molar-refractivity contribution in [3.63, 3.8) is 0 Å². The molecular weight excluding hydrogens is 363 g/mol. The second kappa shape index (κ2) is 6.33. The monoisotopic (exact) mass is 375 g/mol. The van der Waals surface area contributed by atoms with Crippen molar-refractivity contribution in [3.8, 4) is 5.75 Å². The van der Waals surface area contributed by atoms with Gasteiger partial charge in [0.2, 0.25) is 5.91 Å². The van der Waals surface area contributed by atoms with Crippen LogP contribution in [-0.2, 0) is 9.59 Å². The van der Waals surface area contributed by atoms with Crippen LogP contribution in [0.2, 0.25) is 0 Å². The number of halogens is 3. The number of carbonyl (C=O) groups is 2. The second-order valence-electron chi connectivity index (χ2n) is 5.44. The number of nitro groups is 1. The van der Waals surface area contributed by atoms with Gasteiger partial charge in [0.1, 0.15) is 6.17 Å². The number of nitro benzene ring substituents is 1. The van der Waals surface area contributed by atoms with E-state index >= 15 is 0 Å². The minimum Gasteiger partial charge on any atom is -0.481 e. The molecule has 1 fully saturated rings. The summed E-state index contributed by atoms with van der Waals surface area (Å²) in [6.45, 7) is -3.11. The van der Waals surface area contributed by atoms with Gasteiger partial charge in [0.25, 0.3) is 5.91 Å². The number of alkyl halides is 2. The van der Waals surface area contributed by atoms with E-state index < -0.39 is 65.5 Å². The lowest BCUT2D eigenvalue weighted by Gasteiger charge is -2.42. The van der Waals surface area contributed by atoms with Crippen LogP contribution >= 0.6 is 0 Å². The van der Waals surface area contributed by atoms with Gasteiger partial charge in [-0.15, -0.1) is 0 Å². The molecule has 1 unspecified atom stereocenters. The largest absolute Gasteiger partial charge is 0.481 e. The first-order chi connectivity index (χ1) is 12.2. The first-order valence-electron chi connectivity index (χ1n) is 7.28. The molecular formula is C13H12F3N5O5. The Kier molecular flexibility index (Phi) is 4.31. The molecule has 10 nitrogen and oxygen atoms in total. The molecule has 1 aromatic carbocycles. The first-order valence-corrected chi connectivity index (χ1v) is 7.28. The Balaban J connectivity index is 2.15. The minimum atomic E-state index is -3.19. The van der Waals surface area contributed by atoms with Crippen molar-refractivity contribution in [2.75, 3.05) is 23.5 Å². The number of fused-ring (bicyclic) bond motifs is 1. The Morgan fingerprint density at radius 3 is 2.73 bits per heavy atom. The maximum Gasteiger partial charge on any atom is 0.324 e. The number of ether oxygens (including phenoxy) is 1. The fraction of sp³-hybridized carbons (Fsp3) is 0.385. The molecule has 0 bridgehead atoms. The van der Waals surface area contributed by atoms with Crippen molar-refractivity contribution in [2.24, 2.45) is 0 Å². The lowest BCUT2D eigenvalue weighted by Crippen LogP contribution is -2.64. The highest BCUT2D eigenvalue weighted by molar-refractivity contribution is 6.00. The van der Waals surface area contributed by atoms with Crippen molar-refractivity contribution >= 4 is 28.9 Å². The van der Waals surface area contributed by atoms with E-state index in [-0.39, 0.29) is 10.6 Å². The number of benzene rings is 1. The highest BCUT2D eigenvalue weighted by atomic mass is 19.3. The number of rotatable bonds is 3. The van der Waals surface area contributed by atoms with Crippen molar-refractivity contribution in [1.82, 2.24) is 10.3 Å². The van der Waals surface area contributed by atoms with Crippen LogP contribution in [0.25, 0.3) is 0 Å². The quantitative estimate of drug-likeness (QED) is 0.456. The third kappa shape index (κ3) is 2.75. The number of nitrogens with one attached hydrogen (secondary N) is 2. The van der Waals surface area contributed by atoms with E-state index in [1.807, 2.05) is 0 Å². The van der Waals surface area contributed by atoms with Crippen LogP contribution in [0.3, 0.4) is 0 Å². The third-order valence-corrected chi connectivity index (χ3v) is 3.91. The van der Waals surface area contributed by atoms with Crippen LogP contribution in [0, 0.1) is 15.9 Å². The zero-order valence-corrected chi connectivity index (χ0v) is 13.2. The summed E-state index contributed by atoms with van der Waals surface area (Å²) in [4.78, 5) is 33.9. The molecule has 140 valence electrons. The predicted octanol–water partition coefficient (Wildman–Crippen LogP) is 0.787. The Morgan fingerprint density at radius 2 is 2.12 bits per heavy atom. The fourth-order valence-electron chi connectivity index (χ4n) is 2.81. The summed E-state index contributed by atoms with van der Waals surface area (Å²) in [5, 5.41) is 14.5. The van der Waals surface area contributed by atoms with Gasteiger partial charge >= 0.3 is 12.2 Å². The molecule has 2 heterocycles. The molecule has 2 aliphatic rings. The molecule has 1 saturated heterocycles. The van der Waals surface area contributed by atoms with E-state index in [2.05, 4.69) is 10.7 Å². The summed E-state index contributed by atoms with van der Waals surface area (Å²) in [5.74, 6) is -3.05. The number of hydrogen-bond acceptors (Lipinski definition) is 7. The molecule has 0 aliphatic carbocycles. The highest BCUT2D eigenvalue weighted by Gasteiger charge is 2.42. The average Bonchev–Trinajstić information content (AvgIpc) is 2.54. The Morgan fingerprint density at radius 1 is 1.42 bits per heavy atom. The minimum absolute atomic E-state index is 0.161. The van der Waals surface area contributed by atoms with Crippen LogP contribution in [0.4, 0.5) is 30.2 Å². The molecule has 13 heteroatoms. The van der Waals surface area contributed by atoms with E-state index in [9.17, 15) is 32.9 Å². The molecule has 0 radical (unpaired) electrons. The van der Waals surface area contributed by atoms with E-state index in [0.29, 0.717) is 0 Å². The van der Waals surface area contributed by atoms with Crippen LogP contribution in [-0.4, -0.2) is 47.5 Å². The van der Waals surface area contributed by atoms with E-state index in [0.717, 1.165) is 18.0 Å². The van der Waals surface area contributed by atoms with Crippen molar-refractivity contribution in [3.05, 3.63) is 22.0 Å². The van der Waals surface area contributed by atoms with Gasteiger partial charge in [-0.25, -0.2) is 9.82 Å². The van der Waals surface area contributed by atoms with Gasteiger partial charge in [-0.1, -0.05) is 0 Å². The first kappa shape index (κ1) is 17.7. The van der Waals surface area contributed by atoms with Crippen molar-refractivity contribution in [2.45, 2.75) is 19.6 Å². The van der Waals surface area contributed by atoms with Crippen molar-refractivity contribution < 1.29 is 32.4 Å². The zero-order chi connectivity index (χ0) is 19.2. The molecule has 1 aromatic rings. The van der Waals surface area contributed by atoms with Gasteiger partial charge in [-0.2, -0.15) is 8.78 Å². The lowest BCUT2D eigenvalue weighted by atomic mass is 10.1. The topological polar surface area (TPSA) is 117 Å². The molecule has 0 spiro atoms. The maximum atomic E-state index is 14.6. The molecule has 0 saturated carbocycles. The number of nitrogens with zero attached hydrogens (tertiary/aromatic N) is 3. The van der Waals surface area contributed by atoms with Crippen LogP contribution in [0.1, 0.15) is 6.92 Å². The van der Waals surface area contributed by atoms with Gasteiger partial charge in [-0.05, 0) is 6.92 Å².